The molecule has 7 heavy (non-hydrogen) atoms. The van der Waals surface area contributed by atoms with E-state index in [4.69, 9.17) is 15.0 Å². The molecular formula is CClNaO3Ti+2. The molecule has 0 aliphatic carbocycles. The van der Waals surface area contributed by atoms with Crippen LogP contribution in [0.25, 0.3) is 0 Å². The molecule has 6 heteroatoms. The van der Waals surface area contributed by atoms with Crippen molar-refractivity contribution in [3.8, 4) is 0 Å². The van der Waals surface area contributed by atoms with Crippen molar-refractivity contribution in [2.24, 2.45) is 0 Å². The number of halogens is 1. The quantitative estimate of drug-likeness (QED) is 0.336. The van der Waals surface area contributed by atoms with Gasteiger partial charge in [-0.25, -0.2) is 0 Å². The summed E-state index contributed by atoms with van der Waals surface area (Å²) in [5, 5.41) is 16.7. The van der Waals surface area contributed by atoms with E-state index in [1.807, 2.05) is 0 Å². The molecule has 0 aliphatic heterocycles. The fourth-order valence-electron chi connectivity index (χ4n) is 0. The number of carbonyl (C=O) groups excluding carboxylic acids is 1. The molecule has 0 aromatic heterocycles. The Bertz CT molecular complexity index is 37.9. The SMILES string of the molecule is O=C([O-])[O-].[Cl-].[Na+].[Ti+4]. The summed E-state index contributed by atoms with van der Waals surface area (Å²) in [5.74, 6) is 0. The minimum Gasteiger partial charge on any atom is -1.00 e. The Labute approximate surface area is 84.1 Å². The molecule has 32 valence electrons. The van der Waals surface area contributed by atoms with Crippen LogP contribution in [0.3, 0.4) is 0 Å². The van der Waals surface area contributed by atoms with E-state index in [9.17, 15) is 0 Å². The van der Waals surface area contributed by atoms with Gasteiger partial charge in [-0.1, -0.05) is 0 Å². The Kier molecular flexibility index (Phi) is 53.7. The Balaban J connectivity index is -0.0000000150. The molecule has 0 saturated heterocycles. The Hall–Kier alpha value is 1.27. The molecule has 0 aromatic carbocycles. The van der Waals surface area contributed by atoms with Crippen molar-refractivity contribution in [1.82, 2.24) is 0 Å². The van der Waals surface area contributed by atoms with E-state index in [0.717, 1.165) is 0 Å². The first-order chi connectivity index (χ1) is 1.73. The van der Waals surface area contributed by atoms with Crippen molar-refractivity contribution in [2.45, 2.75) is 0 Å². The summed E-state index contributed by atoms with van der Waals surface area (Å²) in [6.45, 7) is 0. The van der Waals surface area contributed by atoms with Gasteiger partial charge in [-0.15, -0.1) is 0 Å². The van der Waals surface area contributed by atoms with Crippen molar-refractivity contribution in [3.63, 3.8) is 0 Å². The Morgan fingerprint density at radius 3 is 1.29 bits per heavy atom. The van der Waals surface area contributed by atoms with Crippen LogP contribution in [0.1, 0.15) is 0 Å². The van der Waals surface area contributed by atoms with Crippen molar-refractivity contribution in [1.29, 1.82) is 0 Å². The van der Waals surface area contributed by atoms with Crippen LogP contribution in [0.15, 0.2) is 0 Å². The van der Waals surface area contributed by atoms with Crippen LogP contribution in [-0.2, 0) is 21.7 Å². The van der Waals surface area contributed by atoms with Gasteiger partial charge in [-0.3, -0.25) is 0 Å². The fourth-order valence-corrected chi connectivity index (χ4v) is 0. The van der Waals surface area contributed by atoms with Crippen LogP contribution in [0.4, 0.5) is 4.79 Å². The van der Waals surface area contributed by atoms with Gasteiger partial charge >= 0.3 is 51.3 Å². The maximum atomic E-state index is 8.33. The first kappa shape index (κ1) is 24.0. The minimum absolute atomic E-state index is 0. The van der Waals surface area contributed by atoms with Gasteiger partial charge in [-0.2, -0.15) is 0 Å². The zero-order chi connectivity index (χ0) is 3.58. The van der Waals surface area contributed by atoms with Crippen LogP contribution in [-0.4, -0.2) is 6.16 Å². The molecular weight excluding hydrogens is 166 g/mol. The summed E-state index contributed by atoms with van der Waals surface area (Å²) < 4.78 is 0. The third kappa shape index (κ3) is 125. The molecule has 0 rings (SSSR count). The van der Waals surface area contributed by atoms with Gasteiger partial charge in [0.1, 0.15) is 0 Å². The topological polar surface area (TPSA) is 63.2 Å². The number of rotatable bonds is 0. The molecule has 0 bridgehead atoms. The van der Waals surface area contributed by atoms with E-state index >= 15 is 0 Å². The van der Waals surface area contributed by atoms with E-state index in [1.54, 1.807) is 0 Å². The molecule has 0 aromatic rings. The second-order valence-electron chi connectivity index (χ2n) is 0.250. The van der Waals surface area contributed by atoms with Gasteiger partial charge in [0, 0.05) is 0 Å². The Morgan fingerprint density at radius 2 is 1.29 bits per heavy atom. The molecule has 0 spiro atoms. The molecule has 0 aliphatic rings. The molecule has 0 saturated carbocycles. The van der Waals surface area contributed by atoms with Gasteiger partial charge in [0.2, 0.25) is 0 Å². The average molecular weight is 166 g/mol. The summed E-state index contributed by atoms with van der Waals surface area (Å²) in [7, 11) is 0. The summed E-state index contributed by atoms with van der Waals surface area (Å²) in [6.07, 6.45) is -2.33. The number of carbonyl (C=O) groups is 1. The molecule has 0 fully saturated rings. The zero-order valence-corrected chi connectivity index (χ0v) is 7.92. The van der Waals surface area contributed by atoms with Crippen LogP contribution in [0.2, 0.25) is 0 Å². The first-order valence-electron chi connectivity index (χ1n) is 0.612. The molecule has 0 amide bonds. The van der Waals surface area contributed by atoms with Gasteiger partial charge in [0.25, 0.3) is 0 Å². The minimum atomic E-state index is -2.33. The number of hydrogen-bond acceptors (Lipinski definition) is 3. The third-order valence-electron chi connectivity index (χ3n) is 0. The molecule has 0 heterocycles. The molecule has 0 atom stereocenters. The van der Waals surface area contributed by atoms with E-state index in [-0.39, 0.29) is 63.7 Å². The zero-order valence-electron chi connectivity index (χ0n) is 3.60. The molecule has 0 radical (unpaired) electrons. The summed E-state index contributed by atoms with van der Waals surface area (Å²) >= 11 is 0. The van der Waals surface area contributed by atoms with Gasteiger partial charge < -0.3 is 27.4 Å². The maximum Gasteiger partial charge on any atom is 4.00 e. The predicted molar refractivity (Wildman–Crippen MR) is 5.40 cm³/mol. The standard InChI is InChI=1S/CH2O3.ClH.Na.Ti/c2-1(3)4;;;/h(H2,2,3,4);1H;;/q;;+1;+4/p-3. The van der Waals surface area contributed by atoms with E-state index in [1.165, 1.54) is 0 Å². The van der Waals surface area contributed by atoms with Gasteiger partial charge in [-0.05, 0) is 6.16 Å². The van der Waals surface area contributed by atoms with Crippen LogP contribution >= 0.6 is 0 Å². The first-order valence-corrected chi connectivity index (χ1v) is 0.612. The van der Waals surface area contributed by atoms with Crippen LogP contribution < -0.4 is 52.2 Å². The molecule has 3 nitrogen and oxygen atoms in total. The third-order valence-corrected chi connectivity index (χ3v) is 0. The summed E-state index contributed by atoms with van der Waals surface area (Å²) in [6, 6.07) is 0. The van der Waals surface area contributed by atoms with Crippen molar-refractivity contribution in [3.05, 3.63) is 0 Å². The Morgan fingerprint density at radius 1 is 1.29 bits per heavy atom. The van der Waals surface area contributed by atoms with E-state index in [0.29, 0.717) is 0 Å². The maximum absolute atomic E-state index is 8.33. The monoisotopic (exact) mass is 166 g/mol. The average Bonchev–Trinajstić information content (AvgIpc) is 0.811. The van der Waals surface area contributed by atoms with E-state index in [2.05, 4.69) is 0 Å². The van der Waals surface area contributed by atoms with Crippen molar-refractivity contribution >= 4 is 6.16 Å². The fraction of sp³-hybridized carbons (Fsp3) is 0. The normalized spacial score (nSPS) is 3.43. The number of hydrogen-bond donors (Lipinski definition) is 0. The second-order valence-corrected chi connectivity index (χ2v) is 0.250. The van der Waals surface area contributed by atoms with Crippen molar-refractivity contribution in [2.75, 3.05) is 0 Å². The molecule has 0 unspecified atom stereocenters. The largest absolute Gasteiger partial charge is 4.00 e. The summed E-state index contributed by atoms with van der Waals surface area (Å²) in [4.78, 5) is 8.33. The van der Waals surface area contributed by atoms with E-state index < -0.39 is 6.16 Å². The number of carboxylic acid groups (broad SMARTS) is 2. The predicted octanol–water partition coefficient (Wildman–Crippen LogP) is -8.44. The van der Waals surface area contributed by atoms with Gasteiger partial charge in [0.05, 0.1) is 0 Å². The van der Waals surface area contributed by atoms with Crippen LogP contribution in [0, 0.1) is 0 Å². The summed E-state index contributed by atoms with van der Waals surface area (Å²) in [5.41, 5.74) is 0. The van der Waals surface area contributed by atoms with Crippen molar-refractivity contribution < 1.29 is 78.7 Å². The molecule has 0 N–H and O–H groups in total. The smallest absolute Gasteiger partial charge is 1.00 e. The second kappa shape index (κ2) is 15.7. The van der Waals surface area contributed by atoms with Gasteiger partial charge in [0.15, 0.2) is 0 Å². The van der Waals surface area contributed by atoms with Crippen LogP contribution in [0.5, 0.6) is 0 Å².